The van der Waals surface area contributed by atoms with Crippen molar-refractivity contribution >= 4 is 95.3 Å². The maximum atomic E-state index is 12.8. The Morgan fingerprint density at radius 2 is 1.09 bits per heavy atom. The fraction of sp³-hybridized carbons (Fsp3) is 0.339. The fourth-order valence-corrected chi connectivity index (χ4v) is 11.3. The first-order chi connectivity index (χ1) is 39.3. The number of nitrogens with zero attached hydrogens (tertiary/aromatic N) is 15. The quantitative estimate of drug-likeness (QED) is 0.0547. The largest absolute Gasteiger partial charge is 0.383 e. The summed E-state index contributed by atoms with van der Waals surface area (Å²) in [6.07, 6.45) is 19.7. The summed E-state index contributed by atoms with van der Waals surface area (Å²) in [5.41, 5.74) is 17.6. The molecule has 6 aromatic heterocycles. The number of benzene rings is 2. The molecule has 0 radical (unpaired) electrons. The van der Waals surface area contributed by atoms with Crippen LogP contribution in [0.4, 0.5) is 26.9 Å². The number of likely N-dealkylation sites (tertiary alicyclic amines) is 2. The number of nitrogen functional groups attached to an aromatic ring is 2. The van der Waals surface area contributed by atoms with Gasteiger partial charge in [-0.1, -0.05) is 36.4 Å². The number of anilines is 4. The Balaban J connectivity index is 0.000000170. The number of carbonyl (C=O) groups is 4. The van der Waals surface area contributed by atoms with Crippen LogP contribution < -0.4 is 22.1 Å². The molecule has 12 rings (SSSR count). The van der Waals surface area contributed by atoms with E-state index in [0.29, 0.717) is 110 Å². The molecule has 8 heterocycles. The first-order valence-corrected chi connectivity index (χ1v) is 28.3. The van der Waals surface area contributed by atoms with E-state index in [4.69, 9.17) is 28.2 Å². The van der Waals surface area contributed by atoms with Crippen molar-refractivity contribution in [2.24, 2.45) is 0 Å². The number of fused-ring (bicyclic) bond motifs is 2. The van der Waals surface area contributed by atoms with Crippen LogP contribution in [0.3, 0.4) is 0 Å². The summed E-state index contributed by atoms with van der Waals surface area (Å²) >= 11 is 2.54. The molecule has 2 aliphatic carbocycles. The Bertz CT molecular complexity index is 3760. The van der Waals surface area contributed by atoms with Gasteiger partial charge in [-0.25, -0.2) is 44.1 Å². The summed E-state index contributed by atoms with van der Waals surface area (Å²) < 4.78 is 3.71. The Morgan fingerprint density at radius 1 is 0.642 bits per heavy atom. The minimum absolute atomic E-state index is 0.000511. The molecule has 25 heteroatoms. The molecule has 414 valence electrons. The second kappa shape index (κ2) is 23.5. The van der Waals surface area contributed by atoms with Gasteiger partial charge in [-0.2, -0.15) is 10.2 Å². The molecule has 6 N–H and O–H groups in total. The van der Waals surface area contributed by atoms with Gasteiger partial charge >= 0.3 is 0 Å². The number of thiazole rings is 2. The van der Waals surface area contributed by atoms with E-state index >= 15 is 0 Å². The van der Waals surface area contributed by atoms with E-state index < -0.39 is 0 Å². The molecule has 0 spiro atoms. The number of likely N-dealkylation sites (N-methyl/N-ethyl adjacent to an activating group) is 2. The van der Waals surface area contributed by atoms with Crippen molar-refractivity contribution in [1.29, 1.82) is 0 Å². The van der Waals surface area contributed by atoms with E-state index in [9.17, 15) is 19.2 Å². The number of amides is 4. The van der Waals surface area contributed by atoms with E-state index in [2.05, 4.69) is 69.3 Å². The van der Waals surface area contributed by atoms with Gasteiger partial charge in [-0.3, -0.25) is 39.6 Å². The Hall–Kier alpha value is -8.83. The molecular formula is C56H59N19O4S2. The lowest BCUT2D eigenvalue weighted by Gasteiger charge is -2.16. The number of rotatable bonds is 16. The van der Waals surface area contributed by atoms with Crippen LogP contribution in [0, 0.1) is 13.5 Å². The summed E-state index contributed by atoms with van der Waals surface area (Å²) in [6, 6.07) is 15.4. The minimum Gasteiger partial charge on any atom is -0.383 e. The molecule has 0 unspecified atom stereocenters. The zero-order valence-corrected chi connectivity index (χ0v) is 46.5. The third-order valence-electron chi connectivity index (χ3n) is 14.8. The summed E-state index contributed by atoms with van der Waals surface area (Å²) in [4.78, 5) is 89.3. The highest BCUT2D eigenvalue weighted by Gasteiger charge is 2.33. The van der Waals surface area contributed by atoms with Crippen molar-refractivity contribution in [3.63, 3.8) is 0 Å². The van der Waals surface area contributed by atoms with Crippen LogP contribution in [0.25, 0.3) is 49.4 Å². The monoisotopic (exact) mass is 1130 g/mol. The fourth-order valence-electron chi connectivity index (χ4n) is 10.1. The topological polar surface area (TPSA) is 275 Å². The maximum absolute atomic E-state index is 12.8. The number of aryl methyl sites for hydroxylation is 1. The van der Waals surface area contributed by atoms with E-state index in [1.165, 1.54) is 55.9 Å². The first-order valence-electron chi connectivity index (χ1n) is 26.7. The van der Waals surface area contributed by atoms with Gasteiger partial charge in [0, 0.05) is 103 Å². The predicted octanol–water partition coefficient (Wildman–Crippen LogP) is 7.28. The van der Waals surface area contributed by atoms with Crippen molar-refractivity contribution in [1.82, 2.24) is 69.1 Å². The number of aromatic nitrogens is 10. The number of hydrogen-bond donors (Lipinski definition) is 4. The molecule has 81 heavy (non-hydrogen) atoms. The number of nitrogens with two attached hydrogens (primary N) is 2. The predicted molar refractivity (Wildman–Crippen MR) is 312 cm³/mol. The first kappa shape index (κ1) is 54.1. The molecular weight excluding hydrogens is 1070 g/mol. The van der Waals surface area contributed by atoms with Gasteiger partial charge in [0.25, 0.3) is 16.8 Å². The number of carbonyl (C=O) groups excluding carboxylic acids is 4. The highest BCUT2D eigenvalue weighted by Crippen LogP contribution is 2.37. The second-order valence-electron chi connectivity index (χ2n) is 20.6. The molecule has 0 bridgehead atoms. The molecule has 4 aliphatic rings. The smallest absolute Gasteiger partial charge is 0.262 e. The van der Waals surface area contributed by atoms with Crippen molar-refractivity contribution in [2.75, 3.05) is 75.5 Å². The Morgan fingerprint density at radius 3 is 1.49 bits per heavy atom. The second-order valence-corrected chi connectivity index (χ2v) is 22.8. The third-order valence-corrected chi connectivity index (χ3v) is 16.5. The standard InChI is InChI=1S/C28H28N10O2S.C28H31N9O2S/c1-30-21-14-31-28(41-21)34-27(40)18-7-5-17(6-8-18)24-23-25(29)32-16-33-26(23)38(35-24)20-11-13-37(15-20)22(39)4-3-12-36(2)19-9-10-19;1-17-14-30-28(40-17)33-27(39)19-7-5-18(6-8-19)24-23-25(29)31-16-32-26(23)37(34-24)21-11-13-36(15-21)22(38)4-3-12-35(2)20-9-10-20/h3-8,14,16,19-20H,9-13,15H2,2H3,(H2,29,32,33)(H,31,34,40);3-8,14,16,20-21H,9-13,15H2,1-2H3,(H2,29,31,32)(H,30,33,39)/b2*4-3+/t20-;21-/m11/s1. The van der Waals surface area contributed by atoms with Crippen molar-refractivity contribution in [3.8, 4) is 22.5 Å². The molecule has 4 fully saturated rings. The molecule has 2 aliphatic heterocycles. The van der Waals surface area contributed by atoms with E-state index in [1.807, 2.05) is 50.4 Å². The van der Waals surface area contributed by atoms with Crippen LogP contribution in [-0.4, -0.2) is 158 Å². The Kier molecular flexibility index (Phi) is 15.7. The van der Waals surface area contributed by atoms with Gasteiger partial charge < -0.3 is 21.3 Å². The highest BCUT2D eigenvalue weighted by atomic mass is 32.1. The van der Waals surface area contributed by atoms with Gasteiger partial charge in [0.05, 0.1) is 29.4 Å². The van der Waals surface area contributed by atoms with E-state index in [-0.39, 0.29) is 35.7 Å². The molecule has 8 aromatic rings. The van der Waals surface area contributed by atoms with E-state index in [0.717, 1.165) is 53.3 Å². The van der Waals surface area contributed by atoms with Crippen LogP contribution in [0.15, 0.2) is 97.9 Å². The summed E-state index contributed by atoms with van der Waals surface area (Å²) in [5, 5.41) is 18.0. The van der Waals surface area contributed by atoms with Crippen LogP contribution in [0.1, 0.15) is 76.2 Å². The molecule has 23 nitrogen and oxygen atoms in total. The van der Waals surface area contributed by atoms with Crippen molar-refractivity contribution in [3.05, 3.63) is 125 Å². The molecule has 4 amide bonds. The third kappa shape index (κ3) is 12.2. The highest BCUT2D eigenvalue weighted by molar-refractivity contribution is 7.19. The minimum atomic E-state index is -0.329. The maximum Gasteiger partial charge on any atom is 0.262 e. The van der Waals surface area contributed by atoms with Gasteiger partial charge in [0.2, 0.25) is 11.8 Å². The number of nitrogens with one attached hydrogen (secondary N) is 2. The van der Waals surface area contributed by atoms with Gasteiger partial charge in [0.15, 0.2) is 21.6 Å². The lowest BCUT2D eigenvalue weighted by molar-refractivity contribution is -0.125. The summed E-state index contributed by atoms with van der Waals surface area (Å²) in [7, 11) is 4.18. The van der Waals surface area contributed by atoms with Gasteiger partial charge in [0.1, 0.15) is 35.7 Å². The normalized spacial score (nSPS) is 17.2. The van der Waals surface area contributed by atoms with Crippen LogP contribution >= 0.6 is 22.7 Å². The van der Waals surface area contributed by atoms with Crippen LogP contribution in [0.5, 0.6) is 0 Å². The molecule has 2 atom stereocenters. The zero-order valence-electron chi connectivity index (χ0n) is 44.8. The summed E-state index contributed by atoms with van der Waals surface area (Å²) in [5.74, 6) is 0.0957. The van der Waals surface area contributed by atoms with Gasteiger partial charge in [-0.05, 0) is 83.8 Å². The zero-order chi connectivity index (χ0) is 56.3. The van der Waals surface area contributed by atoms with E-state index in [1.54, 1.807) is 54.7 Å². The Labute approximate surface area is 474 Å². The summed E-state index contributed by atoms with van der Waals surface area (Å²) in [6.45, 7) is 12.9. The lowest BCUT2D eigenvalue weighted by atomic mass is 10.1. The van der Waals surface area contributed by atoms with Crippen molar-refractivity contribution in [2.45, 2.75) is 69.6 Å². The lowest BCUT2D eigenvalue weighted by Crippen LogP contribution is -2.28. The van der Waals surface area contributed by atoms with Crippen LogP contribution in [0.2, 0.25) is 0 Å². The average molecular weight is 1130 g/mol. The average Bonchev–Trinajstić information content (AvgIpc) is 4.13. The van der Waals surface area contributed by atoms with Crippen molar-refractivity contribution < 1.29 is 19.2 Å². The SMILES string of the molecule is Cc1cnc(NC(=O)c2ccc(-c3nn([C@@H]4CCN(C(=O)/C=C/CN(C)C5CC5)C4)c4ncnc(N)c34)cc2)s1.[C-]#[N+]c1cnc(NC(=O)c2ccc(-c3nn([C@@H]4CCN(C(=O)/C=C/CN(C)C5CC5)C4)c4ncnc(N)c34)cc2)s1. The molecule has 2 saturated heterocycles. The van der Waals surface area contributed by atoms with Crippen LogP contribution in [-0.2, 0) is 9.59 Å². The van der Waals surface area contributed by atoms with Gasteiger partial charge in [-0.15, -0.1) is 22.7 Å². The molecule has 2 aromatic carbocycles. The number of hydrogen-bond acceptors (Lipinski definition) is 18. The molecule has 2 saturated carbocycles.